The van der Waals surface area contributed by atoms with E-state index in [1.807, 2.05) is 0 Å². The van der Waals surface area contributed by atoms with Crippen LogP contribution in [0.4, 0.5) is 0 Å². The zero-order valence-electron chi connectivity index (χ0n) is 57.2. The van der Waals surface area contributed by atoms with Crippen molar-refractivity contribution in [2.45, 2.75) is 362 Å². The van der Waals surface area contributed by atoms with Crippen molar-refractivity contribution in [3.63, 3.8) is 0 Å². The van der Waals surface area contributed by atoms with Gasteiger partial charge in [-0.2, -0.15) is 0 Å². The van der Waals surface area contributed by atoms with Crippen molar-refractivity contribution in [3.8, 4) is 0 Å². The molecule has 17 nitrogen and oxygen atoms in total. The minimum absolute atomic E-state index is 0.102. The van der Waals surface area contributed by atoms with Gasteiger partial charge in [0.25, 0.3) is 0 Å². The molecule has 0 aromatic carbocycles. The number of hydrogen-bond acceptors (Lipinski definition) is 15. The summed E-state index contributed by atoms with van der Waals surface area (Å²) in [6.45, 7) is 11.8. The standard InChI is InChI=1S/C69H134O17P2/c1-8-10-11-12-26-36-43-50-66(71)79-56-65(86-69(74)53-46-39-32-31-35-42-49-62(7)9-2)59-84-88(77,78)82-55-63(70)54-81-87(75,76)83-58-64(57-80-67(72)51-44-37-29-24-20-17-16-19-23-28-34-41-48-61(5)6)85-68(73)52-45-38-30-25-21-15-13-14-18-22-27-33-40-47-60(3)4/h60-65,70H,8-59H2,1-7H3,(H,75,76)(H,77,78)/t62?,63-,64-,65-/m1/s1. The molecule has 0 fully saturated rings. The van der Waals surface area contributed by atoms with Crippen LogP contribution in [-0.2, 0) is 65.4 Å². The molecule has 0 heterocycles. The third kappa shape index (κ3) is 61.6. The molecule has 3 N–H and O–H groups in total. The number of unbranched alkanes of at least 4 members (excludes halogenated alkanes) is 34. The van der Waals surface area contributed by atoms with Crippen LogP contribution in [-0.4, -0.2) is 96.7 Å². The molecule has 0 aliphatic heterocycles. The Hall–Kier alpha value is -1.94. The van der Waals surface area contributed by atoms with Crippen molar-refractivity contribution in [3.05, 3.63) is 0 Å². The van der Waals surface area contributed by atoms with Gasteiger partial charge in [0, 0.05) is 25.7 Å². The van der Waals surface area contributed by atoms with Crippen LogP contribution in [0, 0.1) is 17.8 Å². The third-order valence-electron chi connectivity index (χ3n) is 16.2. The highest BCUT2D eigenvalue weighted by molar-refractivity contribution is 7.47. The fraction of sp³-hybridized carbons (Fsp3) is 0.942. The molecule has 0 aromatic heterocycles. The fourth-order valence-electron chi connectivity index (χ4n) is 10.3. The predicted octanol–water partition coefficient (Wildman–Crippen LogP) is 19.5. The van der Waals surface area contributed by atoms with Crippen LogP contribution in [0.3, 0.4) is 0 Å². The summed E-state index contributed by atoms with van der Waals surface area (Å²) in [4.78, 5) is 72.3. The Labute approximate surface area is 537 Å². The zero-order chi connectivity index (χ0) is 65.2. The van der Waals surface area contributed by atoms with Crippen LogP contribution in [0.15, 0.2) is 0 Å². The van der Waals surface area contributed by atoms with Gasteiger partial charge in [-0.1, -0.05) is 292 Å². The summed E-state index contributed by atoms with van der Waals surface area (Å²) < 4.78 is 68.1. The molecule has 0 bridgehead atoms. The van der Waals surface area contributed by atoms with E-state index in [9.17, 15) is 43.2 Å². The Morgan fingerprint density at radius 2 is 0.580 bits per heavy atom. The maximum atomic E-state index is 13.0. The molecule has 0 rings (SSSR count). The molecule has 0 aliphatic rings. The Morgan fingerprint density at radius 1 is 0.330 bits per heavy atom. The van der Waals surface area contributed by atoms with Crippen LogP contribution < -0.4 is 0 Å². The lowest BCUT2D eigenvalue weighted by Gasteiger charge is -2.21. The summed E-state index contributed by atoms with van der Waals surface area (Å²) in [5, 5.41) is 10.6. The van der Waals surface area contributed by atoms with Gasteiger partial charge in [0.2, 0.25) is 0 Å². The number of rotatable bonds is 67. The van der Waals surface area contributed by atoms with Crippen LogP contribution >= 0.6 is 15.6 Å². The first-order valence-electron chi connectivity index (χ1n) is 35.9. The number of esters is 4. The minimum Gasteiger partial charge on any atom is -0.462 e. The van der Waals surface area contributed by atoms with Gasteiger partial charge in [-0.05, 0) is 43.4 Å². The van der Waals surface area contributed by atoms with Gasteiger partial charge in [-0.3, -0.25) is 37.3 Å². The van der Waals surface area contributed by atoms with Crippen LogP contribution in [0.2, 0.25) is 0 Å². The van der Waals surface area contributed by atoms with E-state index in [2.05, 4.69) is 48.5 Å². The number of aliphatic hydroxyl groups excluding tert-OH is 1. The number of aliphatic hydroxyl groups is 1. The van der Waals surface area contributed by atoms with E-state index in [0.29, 0.717) is 25.7 Å². The SMILES string of the molecule is CCCCCCCCCC(=O)OC[C@H](COP(=O)(O)OC[C@H](O)COP(=O)(O)OC[C@@H](COC(=O)CCCCCCCCCCCCCCC(C)C)OC(=O)CCCCCCCCCCCCCCCC(C)C)OC(=O)CCCCCCCCC(C)CC. The Morgan fingerprint density at radius 3 is 0.864 bits per heavy atom. The molecule has 0 aliphatic carbocycles. The lowest BCUT2D eigenvalue weighted by molar-refractivity contribution is -0.161. The number of phosphoric acid groups is 2. The summed E-state index contributed by atoms with van der Waals surface area (Å²) >= 11 is 0. The second-order valence-corrected chi connectivity index (χ2v) is 29.0. The maximum Gasteiger partial charge on any atom is 0.472 e. The number of carbonyl (C=O) groups excluding carboxylic acids is 4. The first-order valence-corrected chi connectivity index (χ1v) is 38.9. The molecule has 88 heavy (non-hydrogen) atoms. The Bertz CT molecular complexity index is 1730. The van der Waals surface area contributed by atoms with Gasteiger partial charge < -0.3 is 33.8 Å². The molecular formula is C69H134O17P2. The molecule has 6 atom stereocenters. The van der Waals surface area contributed by atoms with E-state index in [1.54, 1.807) is 0 Å². The number of phosphoric ester groups is 2. The largest absolute Gasteiger partial charge is 0.472 e. The molecular weight excluding hydrogens is 1160 g/mol. The molecule has 0 saturated heterocycles. The van der Waals surface area contributed by atoms with Gasteiger partial charge in [0.15, 0.2) is 12.2 Å². The van der Waals surface area contributed by atoms with Gasteiger partial charge in [0.1, 0.15) is 19.3 Å². The summed E-state index contributed by atoms with van der Waals surface area (Å²) in [5.74, 6) is 0.155. The van der Waals surface area contributed by atoms with Crippen molar-refractivity contribution in [1.82, 2.24) is 0 Å². The normalized spacial score (nSPS) is 14.5. The van der Waals surface area contributed by atoms with E-state index in [0.717, 1.165) is 120 Å². The topological polar surface area (TPSA) is 237 Å². The minimum atomic E-state index is -4.95. The van der Waals surface area contributed by atoms with E-state index in [-0.39, 0.29) is 25.7 Å². The second-order valence-electron chi connectivity index (χ2n) is 26.1. The highest BCUT2D eigenvalue weighted by Gasteiger charge is 2.30. The molecule has 522 valence electrons. The first-order chi connectivity index (χ1) is 42.3. The molecule has 3 unspecified atom stereocenters. The highest BCUT2D eigenvalue weighted by atomic mass is 31.2. The molecule has 0 amide bonds. The van der Waals surface area contributed by atoms with Crippen molar-refractivity contribution < 1.29 is 80.2 Å². The van der Waals surface area contributed by atoms with Crippen molar-refractivity contribution in [2.75, 3.05) is 39.6 Å². The first kappa shape index (κ1) is 86.1. The second kappa shape index (κ2) is 60.0. The quantitative estimate of drug-likeness (QED) is 0.0222. The third-order valence-corrected chi connectivity index (χ3v) is 18.1. The lowest BCUT2D eigenvalue weighted by atomic mass is 10.00. The maximum absolute atomic E-state index is 13.0. The Balaban J connectivity index is 5.21. The van der Waals surface area contributed by atoms with Gasteiger partial charge in [0.05, 0.1) is 26.4 Å². The summed E-state index contributed by atoms with van der Waals surface area (Å²) in [7, 11) is -9.89. The highest BCUT2D eigenvalue weighted by Crippen LogP contribution is 2.45. The van der Waals surface area contributed by atoms with Crippen molar-refractivity contribution in [1.29, 1.82) is 0 Å². The number of ether oxygens (including phenoxy) is 4. The van der Waals surface area contributed by atoms with E-state index < -0.39 is 97.5 Å². The van der Waals surface area contributed by atoms with E-state index >= 15 is 0 Å². The molecule has 19 heteroatoms. The fourth-order valence-corrected chi connectivity index (χ4v) is 11.9. The lowest BCUT2D eigenvalue weighted by Crippen LogP contribution is -2.30. The van der Waals surface area contributed by atoms with E-state index in [4.69, 9.17) is 37.0 Å². The van der Waals surface area contributed by atoms with Gasteiger partial charge in [-0.25, -0.2) is 9.13 Å². The summed E-state index contributed by atoms with van der Waals surface area (Å²) in [6, 6.07) is 0. The monoisotopic (exact) mass is 1300 g/mol. The number of hydrogen-bond donors (Lipinski definition) is 3. The average Bonchev–Trinajstić information content (AvgIpc) is 3.51. The number of carbonyl (C=O) groups is 4. The van der Waals surface area contributed by atoms with Crippen LogP contribution in [0.1, 0.15) is 344 Å². The van der Waals surface area contributed by atoms with Crippen molar-refractivity contribution in [2.24, 2.45) is 17.8 Å². The van der Waals surface area contributed by atoms with Crippen molar-refractivity contribution >= 4 is 39.5 Å². The van der Waals surface area contributed by atoms with Gasteiger partial charge >= 0.3 is 39.5 Å². The molecule has 0 spiro atoms. The Kier molecular flexibility index (Phi) is 58.7. The van der Waals surface area contributed by atoms with Gasteiger partial charge in [-0.15, -0.1) is 0 Å². The van der Waals surface area contributed by atoms with Crippen LogP contribution in [0.25, 0.3) is 0 Å². The van der Waals surface area contributed by atoms with E-state index in [1.165, 1.54) is 141 Å². The zero-order valence-corrected chi connectivity index (χ0v) is 59.0. The smallest absolute Gasteiger partial charge is 0.462 e. The average molecular weight is 1300 g/mol. The molecule has 0 radical (unpaired) electrons. The predicted molar refractivity (Wildman–Crippen MR) is 354 cm³/mol. The summed E-state index contributed by atoms with van der Waals surface area (Å²) in [5.41, 5.74) is 0. The molecule has 0 saturated carbocycles. The summed E-state index contributed by atoms with van der Waals surface area (Å²) in [6.07, 6.45) is 43.2. The molecule has 0 aromatic rings. The van der Waals surface area contributed by atoms with Crippen LogP contribution in [0.5, 0.6) is 0 Å².